The lowest BCUT2D eigenvalue weighted by Gasteiger charge is -2.05. The molecule has 0 aliphatic rings. The summed E-state index contributed by atoms with van der Waals surface area (Å²) in [5.41, 5.74) is 5.30. The van der Waals surface area contributed by atoms with Crippen molar-refractivity contribution in [2.24, 2.45) is 5.73 Å². The van der Waals surface area contributed by atoms with E-state index in [1.807, 2.05) is 0 Å². The van der Waals surface area contributed by atoms with E-state index in [2.05, 4.69) is 17.4 Å². The fourth-order valence-corrected chi connectivity index (χ4v) is 0.778. The minimum atomic E-state index is -0.485. The van der Waals surface area contributed by atoms with E-state index >= 15 is 0 Å². The summed E-state index contributed by atoms with van der Waals surface area (Å²) < 4.78 is 2.50. The molecule has 5 heteroatoms. The minimum Gasteiger partial charge on any atom is -0.319 e. The Bertz CT molecular complexity index is 98.6. The van der Waals surface area contributed by atoms with Crippen molar-refractivity contribution in [2.45, 2.75) is 6.04 Å². The van der Waals surface area contributed by atoms with Crippen LogP contribution in [0.1, 0.15) is 0 Å². The molecule has 0 aromatic carbocycles. The summed E-state index contributed by atoms with van der Waals surface area (Å²) in [4.78, 5) is 10.7. The van der Waals surface area contributed by atoms with Gasteiger partial charge in [0.15, 0.2) is 0 Å². The van der Waals surface area contributed by atoms with Gasteiger partial charge in [0.25, 0.3) is 0 Å². The molecule has 0 rings (SSSR count). The Morgan fingerprint density at radius 2 is 2.56 bits per heavy atom. The second-order valence-corrected chi connectivity index (χ2v) is 2.44. The van der Waals surface area contributed by atoms with Crippen LogP contribution in [0, 0.1) is 0 Å². The largest absolute Gasteiger partial charge is 0.319 e. The van der Waals surface area contributed by atoms with Crippen molar-refractivity contribution in [1.29, 1.82) is 0 Å². The van der Waals surface area contributed by atoms with Gasteiger partial charge in [-0.25, -0.2) is 0 Å². The van der Waals surface area contributed by atoms with Gasteiger partial charge in [-0.1, -0.05) is 11.9 Å². The van der Waals surface area contributed by atoms with Crippen LogP contribution in [0.2, 0.25) is 0 Å². The first-order valence-corrected chi connectivity index (χ1v) is 4.27. The molecule has 54 valence electrons. The second kappa shape index (κ2) is 4.96. The van der Waals surface area contributed by atoms with Gasteiger partial charge in [-0.15, -0.1) is 0 Å². The summed E-state index contributed by atoms with van der Waals surface area (Å²) in [7, 11) is 0. The van der Waals surface area contributed by atoms with E-state index in [1.165, 1.54) is 11.9 Å². The maximum Gasteiger partial charge on any atom is 0.247 e. The highest BCUT2D eigenvalue weighted by molar-refractivity contribution is 7.97. The molecule has 3 nitrogen and oxygen atoms in total. The van der Waals surface area contributed by atoms with Crippen LogP contribution in [0.25, 0.3) is 0 Å². The van der Waals surface area contributed by atoms with Crippen molar-refractivity contribution >= 4 is 30.5 Å². The standard InChI is InChI=1S/C4H10N2OS2/c1-9-6-4(7)3(5)2-8/h3,8H,2,5H2,1H3,(H,6,7). The SMILES string of the molecule is CSNC(=O)C(N)CS. The number of hydrogen-bond acceptors (Lipinski definition) is 4. The lowest BCUT2D eigenvalue weighted by Crippen LogP contribution is -2.38. The number of thiol groups is 1. The van der Waals surface area contributed by atoms with Crippen LogP contribution >= 0.6 is 24.6 Å². The Hall–Kier alpha value is 0.130. The topological polar surface area (TPSA) is 55.1 Å². The van der Waals surface area contributed by atoms with Crippen LogP contribution in [0.15, 0.2) is 0 Å². The first-order chi connectivity index (χ1) is 4.22. The van der Waals surface area contributed by atoms with Crippen LogP contribution in [-0.4, -0.2) is 24.0 Å². The predicted octanol–water partition coefficient (Wildman–Crippen LogP) is -0.362. The average Bonchev–Trinajstić information content (AvgIpc) is 1.87. The molecule has 0 saturated carbocycles. The Balaban J connectivity index is 3.46. The van der Waals surface area contributed by atoms with Crippen LogP contribution in [0.3, 0.4) is 0 Å². The zero-order chi connectivity index (χ0) is 7.28. The van der Waals surface area contributed by atoms with E-state index in [-0.39, 0.29) is 5.91 Å². The molecule has 0 bridgehead atoms. The van der Waals surface area contributed by atoms with Crippen LogP contribution in [-0.2, 0) is 4.79 Å². The van der Waals surface area contributed by atoms with Gasteiger partial charge in [-0.05, 0) is 0 Å². The Kier molecular flexibility index (Phi) is 5.03. The van der Waals surface area contributed by atoms with E-state index < -0.39 is 6.04 Å². The van der Waals surface area contributed by atoms with E-state index in [0.717, 1.165) is 0 Å². The fraction of sp³-hybridized carbons (Fsp3) is 0.750. The van der Waals surface area contributed by atoms with Gasteiger partial charge >= 0.3 is 0 Å². The van der Waals surface area contributed by atoms with Crippen molar-refractivity contribution in [3.8, 4) is 0 Å². The molecule has 0 aliphatic heterocycles. The summed E-state index contributed by atoms with van der Waals surface area (Å²) in [6, 6.07) is -0.485. The van der Waals surface area contributed by atoms with Gasteiger partial charge in [-0.2, -0.15) is 12.6 Å². The maximum absolute atomic E-state index is 10.7. The van der Waals surface area contributed by atoms with E-state index in [4.69, 9.17) is 5.73 Å². The first kappa shape index (κ1) is 9.13. The number of carbonyl (C=O) groups excluding carboxylic acids is 1. The minimum absolute atomic E-state index is 0.169. The zero-order valence-electron chi connectivity index (χ0n) is 5.13. The Morgan fingerprint density at radius 1 is 2.00 bits per heavy atom. The van der Waals surface area contributed by atoms with Gasteiger partial charge in [0, 0.05) is 12.0 Å². The third kappa shape index (κ3) is 3.66. The molecule has 0 aromatic rings. The monoisotopic (exact) mass is 166 g/mol. The summed E-state index contributed by atoms with van der Waals surface area (Å²) in [6.07, 6.45) is 1.77. The normalized spacial score (nSPS) is 12.8. The molecule has 1 unspecified atom stereocenters. The highest BCUT2D eigenvalue weighted by Gasteiger charge is 2.08. The molecule has 0 spiro atoms. The molecule has 9 heavy (non-hydrogen) atoms. The van der Waals surface area contributed by atoms with Gasteiger partial charge in [0.2, 0.25) is 5.91 Å². The quantitative estimate of drug-likeness (QED) is 0.396. The van der Waals surface area contributed by atoms with Gasteiger partial charge in [0.1, 0.15) is 0 Å². The third-order valence-corrected chi connectivity index (χ3v) is 1.53. The molecule has 0 aliphatic carbocycles. The van der Waals surface area contributed by atoms with E-state index in [0.29, 0.717) is 5.75 Å². The number of nitrogens with two attached hydrogens (primary N) is 1. The molecule has 0 aromatic heterocycles. The van der Waals surface area contributed by atoms with Crippen LogP contribution in [0.5, 0.6) is 0 Å². The number of nitrogens with one attached hydrogen (secondary N) is 1. The number of rotatable bonds is 3. The zero-order valence-corrected chi connectivity index (χ0v) is 6.84. The lowest BCUT2D eigenvalue weighted by molar-refractivity contribution is -0.119. The molecule has 3 N–H and O–H groups in total. The summed E-state index contributed by atoms with van der Waals surface area (Å²) in [6.45, 7) is 0. The van der Waals surface area contributed by atoms with Crippen LogP contribution in [0.4, 0.5) is 0 Å². The van der Waals surface area contributed by atoms with Crippen molar-refractivity contribution in [3.05, 3.63) is 0 Å². The molecule has 1 atom stereocenters. The molecule has 0 heterocycles. The van der Waals surface area contributed by atoms with Gasteiger partial charge in [-0.3, -0.25) is 9.52 Å². The first-order valence-electron chi connectivity index (χ1n) is 2.41. The highest BCUT2D eigenvalue weighted by atomic mass is 32.2. The Morgan fingerprint density at radius 3 is 2.89 bits per heavy atom. The maximum atomic E-state index is 10.7. The smallest absolute Gasteiger partial charge is 0.247 e. The van der Waals surface area contributed by atoms with Crippen molar-refractivity contribution in [1.82, 2.24) is 4.72 Å². The summed E-state index contributed by atoms with van der Waals surface area (Å²) in [5, 5.41) is 0. The van der Waals surface area contributed by atoms with E-state index in [9.17, 15) is 4.79 Å². The van der Waals surface area contributed by atoms with Crippen molar-refractivity contribution in [2.75, 3.05) is 12.0 Å². The lowest BCUT2D eigenvalue weighted by atomic mass is 10.3. The number of amides is 1. The Labute approximate surface area is 64.3 Å². The number of hydrogen-bond donors (Lipinski definition) is 3. The second-order valence-electron chi connectivity index (χ2n) is 1.46. The number of carbonyl (C=O) groups is 1. The molecule has 0 fully saturated rings. The van der Waals surface area contributed by atoms with Crippen LogP contribution < -0.4 is 10.5 Å². The van der Waals surface area contributed by atoms with Crippen molar-refractivity contribution in [3.63, 3.8) is 0 Å². The summed E-state index contributed by atoms with van der Waals surface area (Å²) in [5.74, 6) is 0.212. The molecule has 0 radical (unpaired) electrons. The summed E-state index contributed by atoms with van der Waals surface area (Å²) >= 11 is 5.09. The molecular formula is C4H10N2OS2. The molecule has 0 saturated heterocycles. The van der Waals surface area contributed by atoms with Gasteiger partial charge in [0.05, 0.1) is 6.04 Å². The van der Waals surface area contributed by atoms with Gasteiger partial charge < -0.3 is 5.73 Å². The third-order valence-electron chi connectivity index (χ3n) is 0.736. The fourth-order valence-electron chi connectivity index (χ4n) is 0.259. The highest BCUT2D eigenvalue weighted by Crippen LogP contribution is 1.87. The van der Waals surface area contributed by atoms with E-state index in [1.54, 1.807) is 6.26 Å². The predicted molar refractivity (Wildman–Crippen MR) is 43.5 cm³/mol. The average molecular weight is 166 g/mol. The molecular weight excluding hydrogens is 156 g/mol. The van der Waals surface area contributed by atoms with Crippen molar-refractivity contribution < 1.29 is 4.79 Å². The molecule has 1 amide bonds.